The lowest BCUT2D eigenvalue weighted by molar-refractivity contribution is 0.590. The zero-order valence-corrected chi connectivity index (χ0v) is 14.3. The maximum Gasteiger partial charge on any atom is 0.150 e. The third-order valence-corrected chi connectivity index (χ3v) is 4.43. The first-order valence-corrected chi connectivity index (χ1v) is 8.12. The van der Waals surface area contributed by atoms with Gasteiger partial charge in [0.25, 0.3) is 0 Å². The van der Waals surface area contributed by atoms with Gasteiger partial charge in [0.2, 0.25) is 0 Å². The van der Waals surface area contributed by atoms with Crippen LogP contribution >= 0.6 is 11.6 Å². The Labute approximate surface area is 141 Å². The largest absolute Gasteiger partial charge is 0.368 e. The summed E-state index contributed by atoms with van der Waals surface area (Å²) in [6, 6.07) is 3.92. The smallest absolute Gasteiger partial charge is 0.150 e. The fraction of sp³-hybridized carbons (Fsp3) is 0.353. The van der Waals surface area contributed by atoms with Crippen LogP contribution < -0.4 is 21.5 Å². The number of halogens is 1. The number of aromatic nitrogens is 1. The van der Waals surface area contributed by atoms with Crippen LogP contribution in [0, 0.1) is 6.92 Å². The lowest BCUT2D eigenvalue weighted by Gasteiger charge is -2.33. The van der Waals surface area contributed by atoms with Gasteiger partial charge in [-0.1, -0.05) is 18.2 Å². The fourth-order valence-corrected chi connectivity index (χ4v) is 3.48. The van der Waals surface area contributed by atoms with Gasteiger partial charge in [-0.3, -0.25) is 0 Å². The zero-order chi connectivity index (χ0) is 16.6. The van der Waals surface area contributed by atoms with Crippen molar-refractivity contribution >= 4 is 39.6 Å². The molecule has 0 saturated carbocycles. The molecule has 122 valence electrons. The molecule has 2 aromatic rings. The summed E-state index contributed by atoms with van der Waals surface area (Å²) < 4.78 is 0. The Morgan fingerprint density at radius 2 is 2.09 bits per heavy atom. The van der Waals surface area contributed by atoms with Crippen molar-refractivity contribution in [1.29, 1.82) is 0 Å². The van der Waals surface area contributed by atoms with Gasteiger partial charge in [-0.05, 0) is 37.1 Å². The Morgan fingerprint density at radius 3 is 2.70 bits per heavy atom. The topological polar surface area (TPSA) is 66.2 Å². The molecule has 23 heavy (non-hydrogen) atoms. The molecule has 1 aromatic carbocycles. The van der Waals surface area contributed by atoms with E-state index in [0.717, 1.165) is 59.5 Å². The van der Waals surface area contributed by atoms with Gasteiger partial charge in [0.05, 0.1) is 11.2 Å². The first-order valence-electron chi connectivity index (χ1n) is 7.75. The van der Waals surface area contributed by atoms with Crippen molar-refractivity contribution < 1.29 is 0 Å². The van der Waals surface area contributed by atoms with Crippen LogP contribution in [-0.4, -0.2) is 31.2 Å². The third kappa shape index (κ3) is 2.87. The van der Waals surface area contributed by atoms with E-state index in [0.29, 0.717) is 10.8 Å². The number of hydrazine groups is 1. The second kappa shape index (κ2) is 6.35. The molecule has 0 amide bonds. The van der Waals surface area contributed by atoms with Gasteiger partial charge in [0, 0.05) is 42.2 Å². The minimum absolute atomic E-state index is 0.656. The molecule has 0 unspecified atom stereocenters. The van der Waals surface area contributed by atoms with E-state index in [9.17, 15) is 0 Å². The molecule has 1 saturated heterocycles. The highest BCUT2D eigenvalue weighted by Crippen LogP contribution is 2.40. The van der Waals surface area contributed by atoms with E-state index in [1.165, 1.54) is 0 Å². The number of fused-ring (bicyclic) bond motifs is 1. The molecule has 0 radical (unpaired) electrons. The van der Waals surface area contributed by atoms with E-state index in [4.69, 9.17) is 22.4 Å². The minimum atomic E-state index is 0.656. The molecule has 2 heterocycles. The molecule has 4 N–H and O–H groups in total. The van der Waals surface area contributed by atoms with Crippen molar-refractivity contribution in [3.63, 3.8) is 0 Å². The number of benzene rings is 1. The molecule has 0 spiro atoms. The van der Waals surface area contributed by atoms with E-state index >= 15 is 0 Å². The zero-order valence-electron chi connectivity index (χ0n) is 13.5. The molecule has 1 aliphatic rings. The highest BCUT2D eigenvalue weighted by molar-refractivity contribution is 6.31. The Bertz CT molecular complexity index is 765. The maximum absolute atomic E-state index is 6.32. The number of nitrogens with two attached hydrogens (primary N) is 1. The van der Waals surface area contributed by atoms with E-state index in [1.54, 1.807) is 0 Å². The highest BCUT2D eigenvalue weighted by atomic mass is 35.5. The molecule has 1 aliphatic heterocycles. The summed E-state index contributed by atoms with van der Waals surface area (Å²) in [5.74, 6) is 6.40. The van der Waals surface area contributed by atoms with Crippen LogP contribution in [0.25, 0.3) is 16.5 Å². The van der Waals surface area contributed by atoms with Crippen LogP contribution in [0.1, 0.15) is 18.1 Å². The van der Waals surface area contributed by atoms with Crippen molar-refractivity contribution in [2.24, 2.45) is 5.84 Å². The molecule has 1 fully saturated rings. The van der Waals surface area contributed by atoms with Crippen LogP contribution in [0.5, 0.6) is 0 Å². The molecule has 0 atom stereocenters. The number of piperazine rings is 1. The lowest BCUT2D eigenvalue weighted by Crippen LogP contribution is -2.44. The Kier molecular flexibility index (Phi) is 4.43. The molecule has 1 aromatic heterocycles. The summed E-state index contributed by atoms with van der Waals surface area (Å²) in [5.41, 5.74) is 7.70. The number of anilines is 2. The molecule has 6 heteroatoms. The van der Waals surface area contributed by atoms with Gasteiger partial charge in [-0.25, -0.2) is 10.8 Å². The summed E-state index contributed by atoms with van der Waals surface area (Å²) in [6.07, 6.45) is 0. The van der Waals surface area contributed by atoms with Gasteiger partial charge in [-0.2, -0.15) is 0 Å². The molecule has 5 nitrogen and oxygen atoms in total. The van der Waals surface area contributed by atoms with E-state index < -0.39 is 0 Å². The number of hydrogen-bond acceptors (Lipinski definition) is 5. The second-order valence-electron chi connectivity index (χ2n) is 5.96. The Balaban J connectivity index is 2.38. The van der Waals surface area contributed by atoms with Crippen LogP contribution in [0.4, 0.5) is 11.5 Å². The van der Waals surface area contributed by atoms with Crippen molar-refractivity contribution in [3.05, 3.63) is 34.9 Å². The average Bonchev–Trinajstić information content (AvgIpc) is 2.53. The molecule has 0 bridgehead atoms. The van der Waals surface area contributed by atoms with Gasteiger partial charge in [0.1, 0.15) is 5.82 Å². The summed E-state index contributed by atoms with van der Waals surface area (Å²) in [4.78, 5) is 7.08. The number of allylic oxidation sites excluding steroid dienone is 1. The number of aryl methyl sites for hydroxylation is 1. The quantitative estimate of drug-likeness (QED) is 0.596. The van der Waals surface area contributed by atoms with Crippen molar-refractivity contribution in [3.8, 4) is 0 Å². The van der Waals surface area contributed by atoms with Crippen LogP contribution in [0.15, 0.2) is 18.7 Å². The van der Waals surface area contributed by atoms with Gasteiger partial charge in [0.15, 0.2) is 0 Å². The second-order valence-corrected chi connectivity index (χ2v) is 6.40. The van der Waals surface area contributed by atoms with Crippen LogP contribution in [0.3, 0.4) is 0 Å². The van der Waals surface area contributed by atoms with Gasteiger partial charge < -0.3 is 15.6 Å². The van der Waals surface area contributed by atoms with E-state index in [2.05, 4.69) is 22.2 Å². The number of nitrogens with zero attached hydrogens (tertiary/aromatic N) is 2. The van der Waals surface area contributed by atoms with E-state index in [-0.39, 0.29) is 0 Å². The molecule has 3 rings (SSSR count). The summed E-state index contributed by atoms with van der Waals surface area (Å²) in [6.45, 7) is 11.9. The number of hydrogen-bond donors (Lipinski definition) is 3. The molecular weight excluding hydrogens is 310 g/mol. The number of nitrogens with one attached hydrogen (secondary N) is 2. The standard InChI is InChI=1S/C17H22ClN5/c1-10(2)14-16(23-6-4-20-5-7-23)13-9-12(18)8-11(3)15(13)21-17(14)22-19/h8-9,20H,1,4-7,19H2,2-3H3,(H,21,22). The van der Waals surface area contributed by atoms with Crippen LogP contribution in [-0.2, 0) is 0 Å². The van der Waals surface area contributed by atoms with Crippen molar-refractivity contribution in [2.45, 2.75) is 13.8 Å². The molecule has 0 aliphatic carbocycles. The highest BCUT2D eigenvalue weighted by Gasteiger charge is 2.22. The number of nitrogen functional groups attached to an aromatic ring is 1. The fourth-order valence-electron chi connectivity index (χ4n) is 3.20. The number of rotatable bonds is 3. The number of pyridine rings is 1. The normalized spacial score (nSPS) is 15.0. The monoisotopic (exact) mass is 331 g/mol. The SMILES string of the molecule is C=C(C)c1c(NN)nc2c(C)cc(Cl)cc2c1N1CCNCC1. The summed E-state index contributed by atoms with van der Waals surface area (Å²) in [5, 5.41) is 5.15. The Morgan fingerprint density at radius 1 is 1.39 bits per heavy atom. The van der Waals surface area contributed by atoms with Crippen LogP contribution in [0.2, 0.25) is 5.02 Å². The van der Waals surface area contributed by atoms with Crippen molar-refractivity contribution in [1.82, 2.24) is 10.3 Å². The minimum Gasteiger partial charge on any atom is -0.368 e. The third-order valence-electron chi connectivity index (χ3n) is 4.21. The van der Waals surface area contributed by atoms with Gasteiger partial charge >= 0.3 is 0 Å². The average molecular weight is 332 g/mol. The summed E-state index contributed by atoms with van der Waals surface area (Å²) in [7, 11) is 0. The summed E-state index contributed by atoms with van der Waals surface area (Å²) >= 11 is 6.32. The first-order chi connectivity index (χ1) is 11.0. The molecular formula is C17H22ClN5. The Hall–Kier alpha value is -1.82. The first kappa shape index (κ1) is 16.1. The maximum atomic E-state index is 6.32. The van der Waals surface area contributed by atoms with Crippen molar-refractivity contribution in [2.75, 3.05) is 36.5 Å². The lowest BCUT2D eigenvalue weighted by atomic mass is 10.00. The predicted octanol–water partition coefficient (Wildman–Crippen LogP) is 2.92. The van der Waals surface area contributed by atoms with E-state index in [1.807, 2.05) is 26.0 Å². The van der Waals surface area contributed by atoms with Gasteiger partial charge in [-0.15, -0.1) is 0 Å². The predicted molar refractivity (Wildman–Crippen MR) is 99.1 cm³/mol.